The number of carbonyl (C=O) groups excluding carboxylic acids is 2. The summed E-state index contributed by atoms with van der Waals surface area (Å²) >= 11 is 0. The molecular formula is C32H26O7. The van der Waals surface area contributed by atoms with Crippen molar-refractivity contribution in [2.45, 2.75) is 26.6 Å². The first kappa shape index (κ1) is 25.6. The first-order valence-electron chi connectivity index (χ1n) is 12.5. The predicted octanol–water partition coefficient (Wildman–Crippen LogP) is 7.11. The summed E-state index contributed by atoms with van der Waals surface area (Å²) in [6, 6.07) is 28.9. The van der Waals surface area contributed by atoms with Gasteiger partial charge < -0.3 is 23.7 Å². The number of hydrogen-bond acceptors (Lipinski definition) is 7. The van der Waals surface area contributed by atoms with Gasteiger partial charge >= 0.3 is 5.97 Å². The van der Waals surface area contributed by atoms with Gasteiger partial charge in [0.1, 0.15) is 24.5 Å². The highest BCUT2D eigenvalue weighted by Gasteiger charge is 2.24. The SMILES string of the molecule is CCC(=O)c1ccc(OCc2ccccc2)c(OC(=O)c2cc3ccc(OCc4ccccc4)cc3o2)c1O. The first-order chi connectivity index (χ1) is 19.0. The number of esters is 1. The fourth-order valence-electron chi connectivity index (χ4n) is 4.00. The van der Waals surface area contributed by atoms with Crippen LogP contribution in [0, 0.1) is 0 Å². The number of carbonyl (C=O) groups is 2. The van der Waals surface area contributed by atoms with Crippen LogP contribution in [0.3, 0.4) is 0 Å². The minimum absolute atomic E-state index is 0.0390. The zero-order chi connectivity index (χ0) is 27.2. The second-order valence-electron chi connectivity index (χ2n) is 8.81. The van der Waals surface area contributed by atoms with E-state index in [2.05, 4.69) is 0 Å². The molecule has 5 rings (SSSR count). The number of furan rings is 1. The lowest BCUT2D eigenvalue weighted by Crippen LogP contribution is -2.10. The second-order valence-corrected chi connectivity index (χ2v) is 8.81. The molecule has 0 aliphatic heterocycles. The molecule has 39 heavy (non-hydrogen) atoms. The zero-order valence-corrected chi connectivity index (χ0v) is 21.3. The summed E-state index contributed by atoms with van der Waals surface area (Å²) in [5, 5.41) is 11.5. The van der Waals surface area contributed by atoms with Crippen molar-refractivity contribution in [1.82, 2.24) is 0 Å². The van der Waals surface area contributed by atoms with Crippen LogP contribution >= 0.6 is 0 Å². The number of phenols is 1. The molecule has 196 valence electrons. The smallest absolute Gasteiger partial charge is 0.379 e. The lowest BCUT2D eigenvalue weighted by atomic mass is 10.1. The molecule has 1 aromatic heterocycles. The molecule has 0 aliphatic carbocycles. The Morgan fingerprint density at radius 2 is 1.46 bits per heavy atom. The van der Waals surface area contributed by atoms with Gasteiger partial charge in [0.05, 0.1) is 5.56 Å². The predicted molar refractivity (Wildman–Crippen MR) is 145 cm³/mol. The molecule has 7 nitrogen and oxygen atoms in total. The minimum Gasteiger partial charge on any atom is -0.504 e. The average molecular weight is 523 g/mol. The molecule has 0 radical (unpaired) electrons. The zero-order valence-electron chi connectivity index (χ0n) is 21.3. The van der Waals surface area contributed by atoms with Gasteiger partial charge in [-0.15, -0.1) is 0 Å². The molecular weight excluding hydrogens is 496 g/mol. The third-order valence-electron chi connectivity index (χ3n) is 6.09. The third kappa shape index (κ3) is 5.93. The number of fused-ring (bicyclic) bond motifs is 1. The van der Waals surface area contributed by atoms with Crippen LogP contribution in [0.1, 0.15) is 45.4 Å². The van der Waals surface area contributed by atoms with E-state index in [1.54, 1.807) is 31.2 Å². The highest BCUT2D eigenvalue weighted by atomic mass is 16.6. The molecule has 0 saturated heterocycles. The molecule has 0 saturated carbocycles. The molecule has 1 heterocycles. The number of ether oxygens (including phenoxy) is 3. The molecule has 1 N–H and O–H groups in total. The standard InChI is InChI=1S/C32H26O7/c1-2-26(33)25-15-16-27(37-20-22-11-7-4-8-12-22)31(30(25)34)39-32(35)29-17-23-13-14-24(18-28(23)38-29)36-19-21-9-5-3-6-10-21/h3-18,34H,2,19-20H2,1H3. The van der Waals surface area contributed by atoms with E-state index < -0.39 is 11.7 Å². The Labute approximate surface area is 225 Å². The lowest BCUT2D eigenvalue weighted by Gasteiger charge is -2.14. The molecule has 0 spiro atoms. The van der Waals surface area contributed by atoms with E-state index in [4.69, 9.17) is 18.6 Å². The van der Waals surface area contributed by atoms with E-state index in [-0.39, 0.29) is 41.6 Å². The van der Waals surface area contributed by atoms with Gasteiger partial charge in [0, 0.05) is 17.9 Å². The molecule has 7 heteroatoms. The maximum atomic E-state index is 13.1. The van der Waals surface area contributed by atoms with Gasteiger partial charge in [0.25, 0.3) is 0 Å². The lowest BCUT2D eigenvalue weighted by molar-refractivity contribution is 0.0689. The summed E-state index contributed by atoms with van der Waals surface area (Å²) in [7, 11) is 0. The Morgan fingerprint density at radius 1 is 0.795 bits per heavy atom. The normalized spacial score (nSPS) is 10.8. The first-order valence-corrected chi connectivity index (χ1v) is 12.5. The number of rotatable bonds is 10. The molecule has 0 bridgehead atoms. The van der Waals surface area contributed by atoms with Crippen molar-refractivity contribution in [2.75, 3.05) is 0 Å². The van der Waals surface area contributed by atoms with Crippen molar-refractivity contribution in [2.24, 2.45) is 0 Å². The quantitative estimate of drug-likeness (QED) is 0.119. The van der Waals surface area contributed by atoms with Crippen LogP contribution in [0.25, 0.3) is 11.0 Å². The summed E-state index contributed by atoms with van der Waals surface area (Å²) in [6.45, 7) is 2.24. The Balaban J connectivity index is 1.37. The van der Waals surface area contributed by atoms with Crippen LogP contribution < -0.4 is 14.2 Å². The summed E-state index contributed by atoms with van der Waals surface area (Å²) in [5.74, 6) is -1.24. The summed E-state index contributed by atoms with van der Waals surface area (Å²) < 4.78 is 23.0. The van der Waals surface area contributed by atoms with Gasteiger partial charge in [-0.3, -0.25) is 4.79 Å². The topological polar surface area (TPSA) is 95.2 Å². The van der Waals surface area contributed by atoms with Crippen LogP contribution in [0.4, 0.5) is 0 Å². The van der Waals surface area contributed by atoms with Crippen LogP contribution in [0.2, 0.25) is 0 Å². The van der Waals surface area contributed by atoms with Crippen LogP contribution in [-0.4, -0.2) is 16.9 Å². The Bertz CT molecular complexity index is 1600. The minimum atomic E-state index is -0.848. The van der Waals surface area contributed by atoms with E-state index in [0.29, 0.717) is 23.3 Å². The Hall–Kier alpha value is -5.04. The third-order valence-corrected chi connectivity index (χ3v) is 6.09. The number of aromatic hydroxyl groups is 1. The van der Waals surface area contributed by atoms with E-state index in [0.717, 1.165) is 11.1 Å². The Morgan fingerprint density at radius 3 is 2.13 bits per heavy atom. The summed E-state index contributed by atoms with van der Waals surface area (Å²) in [4.78, 5) is 25.5. The van der Waals surface area contributed by atoms with Gasteiger partial charge in [0.2, 0.25) is 11.5 Å². The van der Waals surface area contributed by atoms with Crippen molar-refractivity contribution in [3.8, 4) is 23.0 Å². The van der Waals surface area contributed by atoms with Crippen molar-refractivity contribution in [1.29, 1.82) is 0 Å². The number of ketones is 1. The van der Waals surface area contributed by atoms with E-state index >= 15 is 0 Å². The van der Waals surface area contributed by atoms with Crippen molar-refractivity contribution in [3.63, 3.8) is 0 Å². The summed E-state index contributed by atoms with van der Waals surface area (Å²) in [5.41, 5.74) is 2.38. The maximum absolute atomic E-state index is 13.1. The fraction of sp³-hybridized carbons (Fsp3) is 0.125. The number of phenolic OH excluding ortho intramolecular Hbond substituents is 1. The van der Waals surface area contributed by atoms with E-state index in [1.807, 2.05) is 60.7 Å². The maximum Gasteiger partial charge on any atom is 0.379 e. The largest absolute Gasteiger partial charge is 0.504 e. The van der Waals surface area contributed by atoms with Gasteiger partial charge in [-0.1, -0.05) is 67.6 Å². The molecule has 4 aromatic carbocycles. The number of Topliss-reactive ketones (excluding diaryl/α,β-unsaturated/α-hetero) is 1. The molecule has 5 aromatic rings. The van der Waals surface area contributed by atoms with Crippen molar-refractivity contribution in [3.05, 3.63) is 120 Å². The average Bonchev–Trinajstić information content (AvgIpc) is 3.41. The monoisotopic (exact) mass is 522 g/mol. The molecule has 0 fully saturated rings. The molecule has 0 amide bonds. The highest BCUT2D eigenvalue weighted by Crippen LogP contribution is 2.41. The van der Waals surface area contributed by atoms with Gasteiger partial charge in [-0.05, 0) is 41.5 Å². The molecule has 0 unspecified atom stereocenters. The molecule has 0 aliphatic rings. The van der Waals surface area contributed by atoms with Crippen LogP contribution in [0.15, 0.2) is 101 Å². The Kier molecular flexibility index (Phi) is 7.59. The van der Waals surface area contributed by atoms with E-state index in [9.17, 15) is 14.7 Å². The van der Waals surface area contributed by atoms with Crippen LogP contribution in [-0.2, 0) is 13.2 Å². The fourth-order valence-corrected chi connectivity index (χ4v) is 4.00. The number of hydrogen-bond donors (Lipinski definition) is 1. The molecule has 0 atom stereocenters. The number of benzene rings is 4. The highest BCUT2D eigenvalue weighted by molar-refractivity contribution is 6.00. The van der Waals surface area contributed by atoms with E-state index in [1.165, 1.54) is 12.1 Å². The summed E-state index contributed by atoms with van der Waals surface area (Å²) in [6.07, 6.45) is 0.170. The van der Waals surface area contributed by atoms with Gasteiger partial charge in [-0.25, -0.2) is 4.79 Å². The van der Waals surface area contributed by atoms with Crippen molar-refractivity contribution >= 4 is 22.7 Å². The van der Waals surface area contributed by atoms with Crippen molar-refractivity contribution < 1.29 is 33.3 Å². The van der Waals surface area contributed by atoms with Gasteiger partial charge in [0.15, 0.2) is 17.3 Å². The second kappa shape index (κ2) is 11.6. The van der Waals surface area contributed by atoms with Gasteiger partial charge in [-0.2, -0.15) is 0 Å². The van der Waals surface area contributed by atoms with Crippen LogP contribution in [0.5, 0.6) is 23.0 Å².